The molecule has 1 heterocycles. The largest absolute Gasteiger partial charge is 0.372 e. The average molecular weight is 505 g/mol. The van der Waals surface area contributed by atoms with Gasteiger partial charge in [-0.2, -0.15) is 0 Å². The molecule has 5 nitrogen and oxygen atoms in total. The van der Waals surface area contributed by atoms with Crippen LogP contribution in [0, 0.1) is 5.82 Å². The molecule has 1 aromatic carbocycles. The predicted octanol–water partition coefficient (Wildman–Crippen LogP) is 4.22. The minimum Gasteiger partial charge on any atom is -0.372 e. The van der Waals surface area contributed by atoms with Crippen molar-refractivity contribution in [2.75, 3.05) is 32.1 Å². The Hall–Kier alpha value is -1.42. The summed E-state index contributed by atoms with van der Waals surface area (Å²) in [5.41, 5.74) is 1.76. The first-order valence-corrected chi connectivity index (χ1v) is 9.73. The Kier molecular flexibility index (Phi) is 10.6. The van der Waals surface area contributed by atoms with Crippen LogP contribution in [0.2, 0.25) is 0 Å². The normalized spacial score (nSPS) is 11.3. The first kappa shape index (κ1) is 23.6. The number of thiazole rings is 1. The van der Waals surface area contributed by atoms with E-state index in [-0.39, 0.29) is 29.8 Å². The number of hydrogen-bond donors (Lipinski definition) is 2. The summed E-state index contributed by atoms with van der Waals surface area (Å²) in [6.07, 6.45) is 0.875. The van der Waals surface area contributed by atoms with Crippen LogP contribution in [-0.4, -0.2) is 38.1 Å². The number of anilines is 1. The van der Waals surface area contributed by atoms with E-state index in [4.69, 9.17) is 0 Å². The highest BCUT2D eigenvalue weighted by molar-refractivity contribution is 14.0. The van der Waals surface area contributed by atoms with Crippen LogP contribution in [0.4, 0.5) is 10.1 Å². The number of hydrogen-bond acceptors (Lipinski definition) is 4. The molecule has 1 aromatic heterocycles. The number of aliphatic imine (C=N–C) groups is 1. The van der Waals surface area contributed by atoms with Gasteiger partial charge in [0, 0.05) is 32.6 Å². The monoisotopic (exact) mass is 505 g/mol. The lowest BCUT2D eigenvalue weighted by Gasteiger charge is -2.20. The van der Waals surface area contributed by atoms with Gasteiger partial charge in [-0.3, -0.25) is 4.99 Å². The van der Waals surface area contributed by atoms with Crippen LogP contribution in [0.5, 0.6) is 0 Å². The summed E-state index contributed by atoms with van der Waals surface area (Å²) in [7, 11) is 3.66. The Morgan fingerprint density at radius 3 is 2.67 bits per heavy atom. The van der Waals surface area contributed by atoms with Crippen molar-refractivity contribution in [3.63, 3.8) is 0 Å². The van der Waals surface area contributed by atoms with Crippen molar-refractivity contribution in [3.8, 4) is 0 Å². The zero-order valence-electron chi connectivity index (χ0n) is 16.3. The molecule has 0 aliphatic carbocycles. The van der Waals surface area contributed by atoms with Crippen molar-refractivity contribution in [2.24, 2.45) is 4.99 Å². The molecule has 8 heteroatoms. The topological polar surface area (TPSA) is 52.6 Å². The van der Waals surface area contributed by atoms with E-state index in [0.29, 0.717) is 18.2 Å². The standard InChI is InChI=1S/C19H28FN5S.HI/c1-14(2)16-13-26-18(24-16)12-23-19(21-3)22-10-7-11-25(4)17-9-6-5-8-15(17)20;/h5-6,8-9,13-14H,7,10-12H2,1-4H3,(H2,21,22,23);1H. The second-order valence-electron chi connectivity index (χ2n) is 6.40. The molecular weight excluding hydrogens is 476 g/mol. The van der Waals surface area contributed by atoms with Gasteiger partial charge in [-0.1, -0.05) is 26.0 Å². The van der Waals surface area contributed by atoms with Crippen molar-refractivity contribution in [2.45, 2.75) is 32.7 Å². The molecule has 0 amide bonds. The highest BCUT2D eigenvalue weighted by atomic mass is 127. The van der Waals surface area contributed by atoms with Crippen molar-refractivity contribution in [3.05, 3.63) is 46.2 Å². The van der Waals surface area contributed by atoms with Gasteiger partial charge >= 0.3 is 0 Å². The summed E-state index contributed by atoms with van der Waals surface area (Å²) < 4.78 is 13.8. The minimum atomic E-state index is -0.190. The Morgan fingerprint density at radius 2 is 2.04 bits per heavy atom. The van der Waals surface area contributed by atoms with Gasteiger partial charge in [-0.05, 0) is 24.5 Å². The van der Waals surface area contributed by atoms with Crippen molar-refractivity contribution >= 4 is 47.0 Å². The molecular formula is C19H29FIN5S. The Bertz CT molecular complexity index is 720. The summed E-state index contributed by atoms with van der Waals surface area (Å²) in [5, 5.41) is 9.73. The SMILES string of the molecule is CN=C(NCCCN(C)c1ccccc1F)NCc1nc(C(C)C)cs1.I. The van der Waals surface area contributed by atoms with Crippen LogP contribution in [0.25, 0.3) is 0 Å². The molecule has 150 valence electrons. The lowest BCUT2D eigenvalue weighted by molar-refractivity contribution is 0.619. The van der Waals surface area contributed by atoms with Gasteiger partial charge in [0.15, 0.2) is 5.96 Å². The van der Waals surface area contributed by atoms with Crippen LogP contribution in [0.15, 0.2) is 34.6 Å². The number of aromatic nitrogens is 1. The van der Waals surface area contributed by atoms with E-state index in [2.05, 4.69) is 39.8 Å². The van der Waals surface area contributed by atoms with E-state index < -0.39 is 0 Å². The molecule has 0 aliphatic heterocycles. The third kappa shape index (κ3) is 7.61. The molecule has 0 radical (unpaired) electrons. The molecule has 27 heavy (non-hydrogen) atoms. The van der Waals surface area contributed by atoms with Crippen molar-refractivity contribution in [1.29, 1.82) is 0 Å². The fraction of sp³-hybridized carbons (Fsp3) is 0.474. The molecule has 0 unspecified atom stereocenters. The third-order valence-corrected chi connectivity index (χ3v) is 4.89. The van der Waals surface area contributed by atoms with E-state index in [9.17, 15) is 4.39 Å². The van der Waals surface area contributed by atoms with E-state index in [1.165, 1.54) is 6.07 Å². The molecule has 0 bridgehead atoms. The quantitative estimate of drug-likeness (QED) is 0.244. The number of guanidine groups is 1. The van der Waals surface area contributed by atoms with Crippen LogP contribution in [-0.2, 0) is 6.54 Å². The van der Waals surface area contributed by atoms with E-state index in [1.807, 2.05) is 18.0 Å². The lowest BCUT2D eigenvalue weighted by Crippen LogP contribution is -2.38. The van der Waals surface area contributed by atoms with Crippen LogP contribution in [0.3, 0.4) is 0 Å². The zero-order chi connectivity index (χ0) is 18.9. The number of nitrogens with zero attached hydrogens (tertiary/aromatic N) is 3. The Balaban J connectivity index is 0.00000364. The summed E-state index contributed by atoms with van der Waals surface area (Å²) in [5.74, 6) is 1.01. The van der Waals surface area contributed by atoms with Gasteiger partial charge in [0.25, 0.3) is 0 Å². The molecule has 0 aliphatic rings. The first-order valence-electron chi connectivity index (χ1n) is 8.85. The molecule has 0 atom stereocenters. The third-order valence-electron chi connectivity index (χ3n) is 4.02. The lowest BCUT2D eigenvalue weighted by atomic mass is 10.2. The van der Waals surface area contributed by atoms with Gasteiger partial charge < -0.3 is 15.5 Å². The van der Waals surface area contributed by atoms with Gasteiger partial charge in [0.1, 0.15) is 10.8 Å². The maximum Gasteiger partial charge on any atom is 0.191 e. The minimum absolute atomic E-state index is 0. The molecule has 2 N–H and O–H groups in total. The van der Waals surface area contributed by atoms with Crippen LogP contribution in [0.1, 0.15) is 36.9 Å². The van der Waals surface area contributed by atoms with E-state index in [1.54, 1.807) is 30.5 Å². The van der Waals surface area contributed by atoms with E-state index >= 15 is 0 Å². The predicted molar refractivity (Wildman–Crippen MR) is 124 cm³/mol. The summed E-state index contributed by atoms with van der Waals surface area (Å²) >= 11 is 1.66. The Labute approximate surface area is 182 Å². The Morgan fingerprint density at radius 1 is 1.30 bits per heavy atom. The summed E-state index contributed by atoms with van der Waals surface area (Å²) in [6, 6.07) is 6.83. The highest BCUT2D eigenvalue weighted by Crippen LogP contribution is 2.18. The maximum atomic E-state index is 13.8. The molecule has 0 spiro atoms. The van der Waals surface area contributed by atoms with Gasteiger partial charge in [-0.25, -0.2) is 9.37 Å². The molecule has 2 rings (SSSR count). The number of para-hydroxylation sites is 1. The number of halogens is 2. The van der Waals surface area contributed by atoms with Crippen LogP contribution >= 0.6 is 35.3 Å². The second kappa shape index (κ2) is 12.1. The van der Waals surface area contributed by atoms with Gasteiger partial charge in [-0.15, -0.1) is 35.3 Å². The van der Waals surface area contributed by atoms with Crippen molar-refractivity contribution in [1.82, 2.24) is 15.6 Å². The number of rotatable bonds is 8. The smallest absolute Gasteiger partial charge is 0.191 e. The maximum absolute atomic E-state index is 13.8. The first-order chi connectivity index (χ1) is 12.5. The molecule has 0 saturated heterocycles. The fourth-order valence-electron chi connectivity index (χ4n) is 2.46. The molecule has 0 saturated carbocycles. The molecule has 0 fully saturated rings. The molecule has 2 aromatic rings. The average Bonchev–Trinajstić information content (AvgIpc) is 3.10. The summed E-state index contributed by atoms with van der Waals surface area (Å²) in [4.78, 5) is 10.8. The van der Waals surface area contributed by atoms with Gasteiger partial charge in [0.2, 0.25) is 0 Å². The fourth-order valence-corrected chi connectivity index (χ4v) is 3.35. The summed E-state index contributed by atoms with van der Waals surface area (Å²) in [6.45, 7) is 6.46. The zero-order valence-corrected chi connectivity index (χ0v) is 19.5. The number of nitrogens with one attached hydrogen (secondary N) is 2. The van der Waals surface area contributed by atoms with Crippen molar-refractivity contribution < 1.29 is 4.39 Å². The van der Waals surface area contributed by atoms with E-state index in [0.717, 1.165) is 36.2 Å². The van der Waals surface area contributed by atoms with Crippen LogP contribution < -0.4 is 15.5 Å². The second-order valence-corrected chi connectivity index (χ2v) is 7.34. The highest BCUT2D eigenvalue weighted by Gasteiger charge is 2.07. The van der Waals surface area contributed by atoms with Gasteiger partial charge in [0.05, 0.1) is 17.9 Å². The number of benzene rings is 1.